The third-order valence-electron chi connectivity index (χ3n) is 0. The zero-order valence-corrected chi connectivity index (χ0v) is 3.00. The van der Waals surface area contributed by atoms with Crippen molar-refractivity contribution in [3.8, 4) is 0 Å². The standard InChI is InChI=1S/8CH4/h8*1H4/i3*1T;;;;;. The van der Waals surface area contributed by atoms with Gasteiger partial charge in [-0.25, -0.2) is 0 Å². The fourth-order valence-electron chi connectivity index (χ4n) is 0. The lowest BCUT2D eigenvalue weighted by molar-refractivity contribution is 2.50. The first-order valence-electron chi connectivity index (χ1n) is 3.00. The fourth-order valence-corrected chi connectivity index (χ4v) is 0. The molecule has 0 saturated carbocycles. The molecule has 0 nitrogen and oxygen atoms in total. The summed E-state index contributed by atoms with van der Waals surface area (Å²) in [5, 5.41) is 0. The second kappa shape index (κ2) is 0. The van der Waals surface area contributed by atoms with Gasteiger partial charge < -0.3 is 0 Å². The average Bonchev–Trinajstić information content (AvgIpc) is 1.81. The summed E-state index contributed by atoms with van der Waals surface area (Å²) in [5.74, 6) is 0. The van der Waals surface area contributed by atoms with E-state index in [9.17, 15) is 0 Å². The Kier molecular flexibility index (Phi) is 0. The highest BCUT2D eigenvalue weighted by atomic mass is 12.0. The van der Waals surface area contributed by atoms with Gasteiger partial charge in [-0.15, -0.1) is 0 Å². The molecule has 0 heterocycles. The molecular weight excluding hydrogens is 96.1 g/mol. The molecule has 0 radical (unpaired) electrons. The fraction of sp³-hybridized carbons (Fsp3) is 1.00. The third-order valence-corrected chi connectivity index (χ3v) is 0. The van der Waals surface area contributed by atoms with E-state index in [1.165, 1.54) is 22.2 Å². The molecule has 0 aliphatic rings. The Morgan fingerprint density at radius 2 is 0.375 bits per heavy atom. The first-order valence-corrected chi connectivity index (χ1v) is 0. The smallest absolute Gasteiger partial charge is 0.0194 e. The van der Waals surface area contributed by atoms with Gasteiger partial charge in [0.2, 0.25) is 0 Å². The monoisotopic (exact) mass is 134 g/mol. The van der Waals surface area contributed by atoms with E-state index >= 15 is 0 Å². The predicted molar refractivity (Wildman–Crippen MR) is 53.8 cm³/mol. The van der Waals surface area contributed by atoms with Crippen LogP contribution in [-0.4, -0.2) is 0 Å². The molecule has 0 aromatic heterocycles. The molecule has 8 heavy (non-hydrogen) atoms. The molecule has 0 rings (SSSR count). The summed E-state index contributed by atoms with van der Waals surface area (Å²) >= 11 is 0. The Labute approximate surface area is 64.5 Å². The Morgan fingerprint density at radius 3 is 0.375 bits per heavy atom. The summed E-state index contributed by atoms with van der Waals surface area (Å²) in [6.45, 7) is 0. The minimum atomic E-state index is 0. The number of hydrogen-bond donors (Lipinski definition) is 0. The van der Waals surface area contributed by atoms with Gasteiger partial charge in [-0.05, 0) is 0 Å². The maximum atomic E-state index is 5.75. The van der Waals surface area contributed by atoms with Gasteiger partial charge in [0, 0.05) is 4.11 Å². The van der Waals surface area contributed by atoms with Crippen LogP contribution < -0.4 is 0 Å². The molecule has 0 atom stereocenters. The highest BCUT2D eigenvalue weighted by Gasteiger charge is -0.0706. The third kappa shape index (κ3) is 0. The molecule has 0 fully saturated rings. The van der Waals surface area contributed by atoms with Gasteiger partial charge in [0.05, 0.1) is 0 Å². The zero-order valence-electron chi connectivity index (χ0n) is 6.00. The van der Waals surface area contributed by atoms with Crippen molar-refractivity contribution in [2.45, 2.75) is 59.3 Å². The summed E-state index contributed by atoms with van der Waals surface area (Å²) in [4.78, 5) is 0. The lowest BCUT2D eigenvalue weighted by Crippen LogP contribution is 0.143. The quantitative estimate of drug-likeness (QED) is 0.433. The van der Waals surface area contributed by atoms with Crippen molar-refractivity contribution in [3.05, 3.63) is 0 Å². The van der Waals surface area contributed by atoms with Gasteiger partial charge in [0.15, 0.2) is 0 Å². The summed E-state index contributed by atoms with van der Waals surface area (Å²) in [6, 6.07) is 0. The average molecular weight is 134 g/mol. The van der Waals surface area contributed by atoms with Crippen molar-refractivity contribution < 1.29 is 4.11 Å². The minimum Gasteiger partial charge on any atom is -0.0776 e. The van der Waals surface area contributed by atoms with Gasteiger partial charge in [-0.1, -0.05) is 59.3 Å². The number of hydrogen-bond acceptors (Lipinski definition) is 0. The van der Waals surface area contributed by atoms with Crippen molar-refractivity contribution in [2.24, 2.45) is 0 Å². The van der Waals surface area contributed by atoms with E-state index in [0.29, 0.717) is 0 Å². The van der Waals surface area contributed by atoms with Crippen molar-refractivity contribution >= 4 is 0 Å². The van der Waals surface area contributed by atoms with Crippen LogP contribution in [0.25, 0.3) is 0 Å². The van der Waals surface area contributed by atoms with Crippen LogP contribution in [-0.2, 0) is 0 Å². The van der Waals surface area contributed by atoms with E-state index in [1.807, 2.05) is 0 Å². The highest BCUT2D eigenvalue weighted by molar-refractivity contribution is 2.51. The largest absolute Gasteiger partial charge is 0.0776 e. The van der Waals surface area contributed by atoms with Gasteiger partial charge in [-0.3, -0.25) is 0 Å². The lowest BCUT2D eigenvalue weighted by Gasteiger charge is -0.0786. The van der Waals surface area contributed by atoms with E-state index in [-0.39, 0.29) is 37.1 Å². The van der Waals surface area contributed by atoms with Crippen LogP contribution in [0.15, 0.2) is 0 Å². The molecule has 0 saturated heterocycles. The van der Waals surface area contributed by atoms with Gasteiger partial charge in [0.1, 0.15) is 0 Å². The SMILES string of the molecule is C.C.C.C.C.[3H]C.[3H]C.[3H]C. The van der Waals surface area contributed by atoms with Crippen LogP contribution in [0.3, 0.4) is 0 Å². The van der Waals surface area contributed by atoms with E-state index < -0.39 is 0 Å². The zero-order chi connectivity index (χ0) is 6.00. The molecule has 0 aromatic carbocycles. The number of rotatable bonds is 0. The molecule has 0 spiro atoms. The van der Waals surface area contributed by atoms with Gasteiger partial charge >= 0.3 is 0 Å². The van der Waals surface area contributed by atoms with Crippen molar-refractivity contribution in [3.63, 3.8) is 0 Å². The molecular formula is C8H32. The second-order valence-electron chi connectivity index (χ2n) is 0. The highest BCUT2D eigenvalue weighted by Crippen LogP contribution is 0.151. The van der Waals surface area contributed by atoms with Crippen LogP contribution in [0.4, 0.5) is 0 Å². The molecule has 0 amide bonds. The van der Waals surface area contributed by atoms with Crippen LogP contribution >= 0.6 is 0 Å². The minimum absolute atomic E-state index is 0. The molecule has 0 aromatic rings. The van der Waals surface area contributed by atoms with Crippen molar-refractivity contribution in [1.82, 2.24) is 0 Å². The van der Waals surface area contributed by atoms with Crippen molar-refractivity contribution in [1.29, 1.82) is 0 Å². The maximum Gasteiger partial charge on any atom is 0.0194 e. The summed E-state index contributed by atoms with van der Waals surface area (Å²) in [6.07, 6.45) is 0. The normalized spacial score (nSPS) is 2.62. The summed E-state index contributed by atoms with van der Waals surface area (Å²) in [5.41, 5.74) is 0. The Bertz CT molecular complexity index is 9.30. The van der Waals surface area contributed by atoms with E-state index in [0.717, 1.165) is 0 Å². The van der Waals surface area contributed by atoms with E-state index in [2.05, 4.69) is 0 Å². The summed E-state index contributed by atoms with van der Waals surface area (Å²) in [7, 11) is 3.75. The molecule has 0 bridgehead atoms. The lowest BCUT2D eigenvalue weighted by atomic mass is 12.0. The molecule has 0 N–H and O–H groups in total. The molecule has 0 unspecified atom stereocenters. The summed E-state index contributed by atoms with van der Waals surface area (Å²) < 4.78 is 17.2. The molecule has 0 aliphatic carbocycles. The Hall–Kier alpha value is 0. The molecule has 0 aliphatic heterocycles. The van der Waals surface area contributed by atoms with Crippen molar-refractivity contribution in [2.75, 3.05) is 0 Å². The van der Waals surface area contributed by atoms with Gasteiger partial charge in [-0.2, -0.15) is 0 Å². The van der Waals surface area contributed by atoms with E-state index in [1.54, 1.807) is 0 Å². The maximum absolute atomic E-state index is 5.75. The first kappa shape index (κ1) is 43.6. The second-order valence-corrected chi connectivity index (χ2v) is 0. The van der Waals surface area contributed by atoms with Gasteiger partial charge in [0.25, 0.3) is 0 Å². The topological polar surface area (TPSA) is 0 Å². The van der Waals surface area contributed by atoms with Crippen LogP contribution in [0.1, 0.15) is 63.5 Å². The van der Waals surface area contributed by atoms with Crippen LogP contribution in [0.2, 0.25) is 0 Å². The molecule has 64 valence electrons. The Balaban J connectivity index is -0.00000000167. The van der Waals surface area contributed by atoms with Crippen LogP contribution in [0.5, 0.6) is 0 Å². The first-order chi connectivity index (χ1) is 3.00. The Morgan fingerprint density at radius 1 is 0.375 bits per heavy atom. The molecule has 0 heteroatoms. The van der Waals surface area contributed by atoms with Crippen LogP contribution in [0, 0.1) is 0 Å². The van der Waals surface area contributed by atoms with E-state index in [4.69, 9.17) is 4.11 Å². The predicted octanol–water partition coefficient (Wildman–Crippen LogP) is 5.09.